The standard InChI is InChI=1S/C30H25F3N4O2/c31-30(32,33)23-8-9-26-24(14-23)35-28(37(26)16-18-11-12-36(15-18)29(38)21-5-6-21)20-3-1-19(2-4-20)22-7-10-27-25(13-22)34-17-39-27/h1-4,7-10,13-14,17-18,21H,5-6,11-12,15-16H2/t18-/m0/s1. The molecule has 3 heterocycles. The van der Waals surface area contributed by atoms with Gasteiger partial charge in [-0.1, -0.05) is 30.3 Å². The van der Waals surface area contributed by atoms with Gasteiger partial charge >= 0.3 is 6.18 Å². The van der Waals surface area contributed by atoms with Gasteiger partial charge in [-0.15, -0.1) is 0 Å². The molecule has 1 saturated heterocycles. The van der Waals surface area contributed by atoms with E-state index in [2.05, 4.69) is 9.97 Å². The van der Waals surface area contributed by atoms with Crippen molar-refractivity contribution >= 4 is 28.0 Å². The smallest absolute Gasteiger partial charge is 0.416 e. The minimum absolute atomic E-state index is 0.178. The molecule has 1 aliphatic heterocycles. The number of hydrogen-bond acceptors (Lipinski definition) is 4. The Morgan fingerprint density at radius 2 is 1.69 bits per heavy atom. The molecule has 0 radical (unpaired) electrons. The van der Waals surface area contributed by atoms with Gasteiger partial charge in [-0.2, -0.15) is 13.2 Å². The van der Waals surface area contributed by atoms with Gasteiger partial charge in [0.2, 0.25) is 5.91 Å². The second-order valence-electron chi connectivity index (χ2n) is 10.6. The van der Waals surface area contributed by atoms with E-state index in [4.69, 9.17) is 4.42 Å². The van der Waals surface area contributed by atoms with Crippen LogP contribution in [0.3, 0.4) is 0 Å². The largest absolute Gasteiger partial charge is 0.443 e. The molecule has 6 nitrogen and oxygen atoms in total. The molecule has 2 fully saturated rings. The Morgan fingerprint density at radius 1 is 0.923 bits per heavy atom. The quantitative estimate of drug-likeness (QED) is 0.251. The van der Waals surface area contributed by atoms with Gasteiger partial charge in [-0.05, 0) is 66.6 Å². The fraction of sp³-hybridized carbons (Fsp3) is 0.300. The predicted molar refractivity (Wildman–Crippen MR) is 141 cm³/mol. The molecule has 1 aliphatic carbocycles. The van der Waals surface area contributed by atoms with Crippen LogP contribution in [0.2, 0.25) is 0 Å². The number of halogens is 3. The van der Waals surface area contributed by atoms with Gasteiger partial charge in [-0.25, -0.2) is 9.97 Å². The van der Waals surface area contributed by atoms with Crippen LogP contribution in [0.25, 0.3) is 44.6 Å². The van der Waals surface area contributed by atoms with Crippen LogP contribution >= 0.6 is 0 Å². The van der Waals surface area contributed by atoms with Crippen LogP contribution in [0.5, 0.6) is 0 Å². The van der Waals surface area contributed by atoms with Crippen molar-refractivity contribution in [2.45, 2.75) is 32.0 Å². The number of nitrogens with zero attached hydrogens (tertiary/aromatic N) is 4. The third kappa shape index (κ3) is 4.45. The number of amides is 1. The van der Waals surface area contributed by atoms with Crippen molar-refractivity contribution in [2.75, 3.05) is 13.1 Å². The maximum atomic E-state index is 13.5. The number of carbonyl (C=O) groups excluding carboxylic acids is 1. The minimum atomic E-state index is -4.44. The topological polar surface area (TPSA) is 64.2 Å². The summed E-state index contributed by atoms with van der Waals surface area (Å²) in [4.78, 5) is 23.4. The van der Waals surface area contributed by atoms with E-state index in [0.717, 1.165) is 60.1 Å². The summed E-state index contributed by atoms with van der Waals surface area (Å²) in [7, 11) is 0. The van der Waals surface area contributed by atoms with Gasteiger partial charge in [-0.3, -0.25) is 4.79 Å². The molecule has 0 unspecified atom stereocenters. The zero-order valence-corrected chi connectivity index (χ0v) is 21.0. The molecule has 1 saturated carbocycles. The number of imidazole rings is 1. The lowest BCUT2D eigenvalue weighted by molar-refractivity contribution is -0.137. The highest BCUT2D eigenvalue weighted by Crippen LogP contribution is 2.36. The van der Waals surface area contributed by atoms with Crippen LogP contribution in [-0.2, 0) is 17.5 Å². The lowest BCUT2D eigenvalue weighted by Gasteiger charge is -2.18. The van der Waals surface area contributed by atoms with Gasteiger partial charge in [0.25, 0.3) is 0 Å². The van der Waals surface area contributed by atoms with Crippen LogP contribution in [0, 0.1) is 11.8 Å². The molecule has 2 aliphatic rings. The molecule has 1 amide bonds. The van der Waals surface area contributed by atoms with Crippen molar-refractivity contribution in [1.29, 1.82) is 0 Å². The maximum absolute atomic E-state index is 13.5. The highest BCUT2D eigenvalue weighted by atomic mass is 19.4. The predicted octanol–water partition coefficient (Wildman–Crippen LogP) is 6.79. The number of fused-ring (bicyclic) bond motifs is 2. The normalized spacial score (nSPS) is 17.9. The molecular weight excluding hydrogens is 505 g/mol. The number of rotatable bonds is 5. The number of hydrogen-bond donors (Lipinski definition) is 0. The van der Waals surface area contributed by atoms with Crippen molar-refractivity contribution < 1.29 is 22.4 Å². The molecule has 3 aromatic carbocycles. The molecule has 198 valence electrons. The van der Waals surface area contributed by atoms with Gasteiger partial charge < -0.3 is 13.9 Å². The maximum Gasteiger partial charge on any atom is 0.416 e. The summed E-state index contributed by atoms with van der Waals surface area (Å²) in [5, 5.41) is 0. The molecule has 0 N–H and O–H groups in total. The van der Waals surface area contributed by atoms with Crippen LogP contribution in [0.4, 0.5) is 13.2 Å². The summed E-state index contributed by atoms with van der Waals surface area (Å²) < 4.78 is 47.7. The molecule has 7 rings (SSSR count). The highest BCUT2D eigenvalue weighted by molar-refractivity contribution is 5.84. The van der Waals surface area contributed by atoms with Gasteiger partial charge in [0.1, 0.15) is 11.3 Å². The Kier molecular flexibility index (Phi) is 5.50. The number of alkyl halides is 3. The monoisotopic (exact) mass is 530 g/mol. The average Bonchev–Trinajstić information content (AvgIpc) is 3.33. The first kappa shape index (κ1) is 23.9. The molecule has 0 bridgehead atoms. The number of carbonyl (C=O) groups is 1. The van der Waals surface area contributed by atoms with E-state index in [0.29, 0.717) is 35.5 Å². The molecule has 5 aromatic rings. The summed E-state index contributed by atoms with van der Waals surface area (Å²) in [6.45, 7) is 1.97. The molecule has 0 spiro atoms. The van der Waals surface area contributed by atoms with E-state index in [1.165, 1.54) is 12.5 Å². The molecule has 39 heavy (non-hydrogen) atoms. The van der Waals surface area contributed by atoms with Crippen LogP contribution in [0.15, 0.2) is 71.5 Å². The summed E-state index contributed by atoms with van der Waals surface area (Å²) >= 11 is 0. The fourth-order valence-corrected chi connectivity index (χ4v) is 5.59. The summed E-state index contributed by atoms with van der Waals surface area (Å²) in [5.74, 6) is 1.24. The van der Waals surface area contributed by atoms with E-state index >= 15 is 0 Å². The summed E-state index contributed by atoms with van der Waals surface area (Å²) in [6, 6.07) is 17.4. The van der Waals surface area contributed by atoms with Gasteiger partial charge in [0.15, 0.2) is 12.0 Å². The van der Waals surface area contributed by atoms with E-state index < -0.39 is 11.7 Å². The van der Waals surface area contributed by atoms with Crippen LogP contribution < -0.4 is 0 Å². The Labute approximate surface area is 222 Å². The fourth-order valence-electron chi connectivity index (χ4n) is 5.59. The second-order valence-corrected chi connectivity index (χ2v) is 10.6. The number of likely N-dealkylation sites (tertiary alicyclic amines) is 1. The second kappa shape index (κ2) is 8.97. The van der Waals surface area contributed by atoms with E-state index in [9.17, 15) is 18.0 Å². The van der Waals surface area contributed by atoms with E-state index in [1.807, 2.05) is 51.9 Å². The Hall–Kier alpha value is -4.14. The van der Waals surface area contributed by atoms with E-state index in [-0.39, 0.29) is 17.7 Å². The number of aromatic nitrogens is 3. The van der Waals surface area contributed by atoms with E-state index in [1.54, 1.807) is 0 Å². The first-order valence-electron chi connectivity index (χ1n) is 13.1. The van der Waals surface area contributed by atoms with Crippen LogP contribution in [-0.4, -0.2) is 38.4 Å². The summed E-state index contributed by atoms with van der Waals surface area (Å²) in [5.41, 5.74) is 4.52. The Bertz CT molecular complexity index is 1700. The molecule has 2 aromatic heterocycles. The highest BCUT2D eigenvalue weighted by Gasteiger charge is 2.37. The number of oxazole rings is 1. The Morgan fingerprint density at radius 3 is 2.46 bits per heavy atom. The van der Waals surface area contributed by atoms with Crippen molar-refractivity contribution in [2.24, 2.45) is 11.8 Å². The Balaban J connectivity index is 1.24. The average molecular weight is 531 g/mol. The van der Waals surface area contributed by atoms with Crippen molar-refractivity contribution in [1.82, 2.24) is 19.4 Å². The first-order valence-corrected chi connectivity index (χ1v) is 13.1. The van der Waals surface area contributed by atoms with Crippen molar-refractivity contribution in [3.63, 3.8) is 0 Å². The van der Waals surface area contributed by atoms with Crippen molar-refractivity contribution in [3.8, 4) is 22.5 Å². The molecular formula is C30H25F3N4O2. The lowest BCUT2D eigenvalue weighted by atomic mass is 10.0. The van der Waals surface area contributed by atoms with Gasteiger partial charge in [0.05, 0.1) is 16.6 Å². The molecule has 9 heteroatoms. The van der Waals surface area contributed by atoms with Gasteiger partial charge in [0, 0.05) is 31.1 Å². The third-order valence-electron chi connectivity index (χ3n) is 7.85. The number of benzene rings is 3. The van der Waals surface area contributed by atoms with Crippen LogP contribution in [0.1, 0.15) is 24.8 Å². The van der Waals surface area contributed by atoms with Crippen molar-refractivity contribution in [3.05, 3.63) is 72.6 Å². The zero-order chi connectivity index (χ0) is 26.7. The SMILES string of the molecule is O=C(C1CC1)N1CC[C@H](Cn2c(-c3ccc(-c4ccc5ocnc5c4)cc3)nc3cc(C(F)(F)F)ccc32)C1. The summed E-state index contributed by atoms with van der Waals surface area (Å²) in [6.07, 6.45) is -0.222. The third-order valence-corrected chi connectivity index (χ3v) is 7.85. The minimum Gasteiger partial charge on any atom is -0.443 e. The molecule has 1 atom stereocenters. The lowest BCUT2D eigenvalue weighted by Crippen LogP contribution is -2.30. The zero-order valence-electron chi connectivity index (χ0n) is 21.0. The first-order chi connectivity index (χ1) is 18.8.